The zero-order chi connectivity index (χ0) is 5.54. The molecule has 0 bridgehead atoms. The standard InChI is InChI=1S/C6H10S.H3N/c1-3-5-7-6-4-2;/h3-4H,1-2,5-6H2;1H3/p+1. The van der Waals surface area contributed by atoms with Crippen LogP contribution in [0.15, 0.2) is 25.3 Å². The van der Waals surface area contributed by atoms with Crippen LogP contribution in [0.4, 0.5) is 0 Å². The minimum Gasteiger partial charge on any atom is -0.344 e. The molecule has 0 saturated heterocycles. The summed E-state index contributed by atoms with van der Waals surface area (Å²) in [6.07, 6.45) is 3.79. The van der Waals surface area contributed by atoms with E-state index >= 15 is 0 Å². The first-order valence-electron chi connectivity index (χ1n) is 2.21. The summed E-state index contributed by atoms with van der Waals surface area (Å²) in [5.41, 5.74) is 0. The average Bonchev–Trinajstić information content (AvgIpc) is 1.69. The summed E-state index contributed by atoms with van der Waals surface area (Å²) in [6.45, 7) is 7.15. The van der Waals surface area contributed by atoms with Crippen LogP contribution in [0.3, 0.4) is 0 Å². The fraction of sp³-hybridized carbons (Fsp3) is 0.333. The van der Waals surface area contributed by atoms with E-state index in [0.29, 0.717) is 0 Å². The van der Waals surface area contributed by atoms with Crippen molar-refractivity contribution in [3.05, 3.63) is 25.3 Å². The number of hydrogen-bond donors (Lipinski definition) is 1. The van der Waals surface area contributed by atoms with Crippen LogP contribution in [0.5, 0.6) is 0 Å². The Morgan fingerprint density at radius 2 is 1.62 bits per heavy atom. The van der Waals surface area contributed by atoms with Crippen molar-refractivity contribution in [1.82, 2.24) is 6.15 Å². The van der Waals surface area contributed by atoms with Crippen molar-refractivity contribution in [2.75, 3.05) is 11.5 Å². The molecule has 0 aromatic carbocycles. The van der Waals surface area contributed by atoms with Gasteiger partial charge >= 0.3 is 1.43 Å². The molecule has 0 amide bonds. The molecule has 0 spiro atoms. The summed E-state index contributed by atoms with van der Waals surface area (Å²) >= 11 is 1.82. The highest BCUT2D eigenvalue weighted by Gasteiger charge is 1.73. The fourth-order valence-electron chi connectivity index (χ4n) is 0.235. The first kappa shape index (κ1) is 10.7. The van der Waals surface area contributed by atoms with E-state index in [1.54, 1.807) is 0 Å². The third-order valence-corrected chi connectivity index (χ3v) is 1.41. The van der Waals surface area contributed by atoms with Crippen molar-refractivity contribution in [2.45, 2.75) is 0 Å². The van der Waals surface area contributed by atoms with Gasteiger partial charge in [-0.3, -0.25) is 0 Å². The first-order valence-corrected chi connectivity index (χ1v) is 3.37. The van der Waals surface area contributed by atoms with Gasteiger partial charge in [-0.2, -0.15) is 11.8 Å². The van der Waals surface area contributed by atoms with Crippen molar-refractivity contribution in [3.8, 4) is 0 Å². The van der Waals surface area contributed by atoms with Gasteiger partial charge in [-0.05, 0) is 0 Å². The van der Waals surface area contributed by atoms with E-state index in [-0.39, 0.29) is 7.58 Å². The van der Waals surface area contributed by atoms with Crippen molar-refractivity contribution in [1.29, 1.82) is 0 Å². The number of thioether (sulfide) groups is 1. The van der Waals surface area contributed by atoms with Crippen molar-refractivity contribution < 1.29 is 1.43 Å². The third kappa shape index (κ3) is 9.25. The Labute approximate surface area is 56.9 Å². The summed E-state index contributed by atoms with van der Waals surface area (Å²) in [6, 6.07) is 0. The highest BCUT2D eigenvalue weighted by molar-refractivity contribution is 7.99. The second kappa shape index (κ2) is 9.92. The van der Waals surface area contributed by atoms with Gasteiger partial charge in [0.05, 0.1) is 0 Å². The molecule has 0 aliphatic rings. The molecule has 0 atom stereocenters. The van der Waals surface area contributed by atoms with Crippen molar-refractivity contribution >= 4 is 11.8 Å². The van der Waals surface area contributed by atoms with Gasteiger partial charge in [0.15, 0.2) is 0 Å². The quantitative estimate of drug-likeness (QED) is 0.471. The predicted molar refractivity (Wildman–Crippen MR) is 43.9 cm³/mol. The summed E-state index contributed by atoms with van der Waals surface area (Å²) in [5.74, 6) is 2.07. The zero-order valence-corrected chi connectivity index (χ0v) is 5.91. The molecule has 0 fully saturated rings. The molecular formula is C6H14NS+. The van der Waals surface area contributed by atoms with Gasteiger partial charge in [0.25, 0.3) is 0 Å². The second-order valence-corrected chi connectivity index (χ2v) is 2.19. The molecule has 0 saturated carbocycles. The third-order valence-electron chi connectivity index (χ3n) is 0.471. The van der Waals surface area contributed by atoms with Crippen LogP contribution in [0.25, 0.3) is 0 Å². The lowest BCUT2D eigenvalue weighted by Gasteiger charge is -1.85. The minimum absolute atomic E-state index is 0. The van der Waals surface area contributed by atoms with E-state index < -0.39 is 0 Å². The molecule has 48 valence electrons. The van der Waals surface area contributed by atoms with E-state index in [2.05, 4.69) is 13.2 Å². The van der Waals surface area contributed by atoms with Gasteiger partial charge in [-0.25, -0.2) is 0 Å². The summed E-state index contributed by atoms with van der Waals surface area (Å²) in [5, 5.41) is 0. The average molecular weight is 132 g/mol. The lowest BCUT2D eigenvalue weighted by Crippen LogP contribution is -1.69. The largest absolute Gasteiger partial charge is 1.00 e. The Kier molecular flexibility index (Phi) is 13.3. The monoisotopic (exact) mass is 132 g/mol. The molecule has 0 rings (SSSR count). The lowest BCUT2D eigenvalue weighted by molar-refractivity contribution is 1.74. The van der Waals surface area contributed by atoms with Crippen molar-refractivity contribution in [3.63, 3.8) is 0 Å². The van der Waals surface area contributed by atoms with Gasteiger partial charge in [0.1, 0.15) is 0 Å². The number of hydrogen-bond acceptors (Lipinski definition) is 2. The van der Waals surface area contributed by atoms with Crippen LogP contribution < -0.4 is 6.15 Å². The summed E-state index contributed by atoms with van der Waals surface area (Å²) in [4.78, 5) is 0. The molecule has 0 aromatic heterocycles. The molecule has 0 unspecified atom stereocenters. The van der Waals surface area contributed by atoms with E-state index in [4.69, 9.17) is 0 Å². The Morgan fingerprint density at radius 1 is 1.25 bits per heavy atom. The maximum absolute atomic E-state index is 3.58. The van der Waals surface area contributed by atoms with Crippen LogP contribution in [0, 0.1) is 0 Å². The van der Waals surface area contributed by atoms with E-state index in [1.165, 1.54) is 0 Å². The predicted octanol–water partition coefficient (Wildman–Crippen LogP) is 2.37. The van der Waals surface area contributed by atoms with Crippen LogP contribution in [0.1, 0.15) is 1.43 Å². The van der Waals surface area contributed by atoms with Gasteiger partial charge in [0, 0.05) is 11.5 Å². The first-order chi connectivity index (χ1) is 3.41. The maximum Gasteiger partial charge on any atom is 1.00 e. The highest BCUT2D eigenvalue weighted by atomic mass is 32.2. The Balaban J connectivity index is -0.000000180. The minimum atomic E-state index is 0. The molecular weight excluding hydrogens is 118 g/mol. The SMILES string of the molecule is C=CCSCC=C.N.[H+]. The molecule has 0 aliphatic heterocycles. The molecule has 8 heavy (non-hydrogen) atoms. The van der Waals surface area contributed by atoms with Gasteiger partial charge < -0.3 is 6.15 Å². The van der Waals surface area contributed by atoms with Crippen LogP contribution in [-0.4, -0.2) is 11.5 Å². The van der Waals surface area contributed by atoms with Gasteiger partial charge in [-0.1, -0.05) is 12.2 Å². The molecule has 0 aliphatic carbocycles. The summed E-state index contributed by atoms with van der Waals surface area (Å²) in [7, 11) is 0. The number of rotatable bonds is 4. The Hall–Kier alpha value is -0.210. The van der Waals surface area contributed by atoms with Crippen LogP contribution in [-0.2, 0) is 0 Å². The van der Waals surface area contributed by atoms with Gasteiger partial charge in [0.2, 0.25) is 0 Å². The molecule has 2 heteroatoms. The van der Waals surface area contributed by atoms with Crippen LogP contribution >= 0.6 is 11.8 Å². The fourth-order valence-corrected chi connectivity index (χ4v) is 0.704. The molecule has 0 radical (unpaired) electrons. The second-order valence-electron chi connectivity index (χ2n) is 1.11. The molecule has 3 N–H and O–H groups in total. The highest BCUT2D eigenvalue weighted by Crippen LogP contribution is 1.97. The van der Waals surface area contributed by atoms with Crippen molar-refractivity contribution in [2.24, 2.45) is 0 Å². The molecule has 0 aromatic rings. The van der Waals surface area contributed by atoms with Gasteiger partial charge in [-0.15, -0.1) is 13.2 Å². The molecule has 0 heterocycles. The maximum atomic E-state index is 3.58. The summed E-state index contributed by atoms with van der Waals surface area (Å²) < 4.78 is 0. The smallest absolute Gasteiger partial charge is 0.344 e. The topological polar surface area (TPSA) is 35.0 Å². The Bertz CT molecular complexity index is 58.1. The molecule has 1 nitrogen and oxygen atoms in total. The normalized spacial score (nSPS) is 7.00. The Morgan fingerprint density at radius 3 is 1.88 bits per heavy atom. The lowest BCUT2D eigenvalue weighted by atomic mass is 10.8. The van der Waals surface area contributed by atoms with E-state index in [0.717, 1.165) is 11.5 Å². The van der Waals surface area contributed by atoms with E-state index in [9.17, 15) is 0 Å². The van der Waals surface area contributed by atoms with E-state index in [1.807, 2.05) is 23.9 Å². The van der Waals surface area contributed by atoms with Crippen LogP contribution in [0.2, 0.25) is 0 Å². The zero-order valence-electron chi connectivity index (χ0n) is 6.10.